The molecular formula is C3H8NaO2S-. The summed E-state index contributed by atoms with van der Waals surface area (Å²) in [5.74, 6) is 0.292. The van der Waals surface area contributed by atoms with Gasteiger partial charge >= 0.3 is 29.6 Å². The average molecular weight is 131 g/mol. The Morgan fingerprint density at radius 3 is 2.29 bits per heavy atom. The van der Waals surface area contributed by atoms with E-state index < -0.39 is 11.1 Å². The molecule has 40 valence electrons. The van der Waals surface area contributed by atoms with Gasteiger partial charge in [0, 0.05) is 5.75 Å². The van der Waals surface area contributed by atoms with Gasteiger partial charge in [-0.15, -0.1) is 0 Å². The van der Waals surface area contributed by atoms with Gasteiger partial charge in [-0.2, -0.15) is 0 Å². The summed E-state index contributed by atoms with van der Waals surface area (Å²) in [7, 11) is 0. The monoisotopic (exact) mass is 131 g/mol. The first-order valence-corrected chi connectivity index (χ1v) is 3.07. The van der Waals surface area contributed by atoms with Gasteiger partial charge in [-0.3, -0.25) is 4.21 Å². The van der Waals surface area contributed by atoms with Gasteiger partial charge in [0.05, 0.1) is 0 Å². The van der Waals surface area contributed by atoms with Crippen LogP contribution in [0.25, 0.3) is 0 Å². The summed E-state index contributed by atoms with van der Waals surface area (Å²) in [6.07, 6.45) is 0.718. The largest absolute Gasteiger partial charge is 1.00 e. The Labute approximate surface area is 69.7 Å². The maximum absolute atomic E-state index is 9.60. The SMILES string of the molecule is CCCS(=O)[O-].[H-].[Na+]. The minimum absolute atomic E-state index is 0. The maximum atomic E-state index is 9.60. The summed E-state index contributed by atoms with van der Waals surface area (Å²) in [6, 6.07) is 0. The van der Waals surface area contributed by atoms with E-state index in [0.29, 0.717) is 5.75 Å². The van der Waals surface area contributed by atoms with Gasteiger partial charge in [0.1, 0.15) is 0 Å². The summed E-state index contributed by atoms with van der Waals surface area (Å²) in [6.45, 7) is 1.83. The van der Waals surface area contributed by atoms with Crippen molar-refractivity contribution in [2.24, 2.45) is 0 Å². The molecule has 4 heteroatoms. The minimum atomic E-state index is -1.82. The molecule has 7 heavy (non-hydrogen) atoms. The molecule has 2 nitrogen and oxygen atoms in total. The van der Waals surface area contributed by atoms with Crippen LogP contribution in [0.5, 0.6) is 0 Å². The van der Waals surface area contributed by atoms with Gasteiger partial charge < -0.3 is 5.98 Å². The number of hydrogen-bond donors (Lipinski definition) is 0. The van der Waals surface area contributed by atoms with Gasteiger partial charge in [0.15, 0.2) is 0 Å². The molecule has 0 aromatic rings. The van der Waals surface area contributed by atoms with E-state index in [4.69, 9.17) is 0 Å². The van der Waals surface area contributed by atoms with E-state index in [1.807, 2.05) is 6.92 Å². The number of rotatable bonds is 2. The van der Waals surface area contributed by atoms with Crippen molar-refractivity contribution in [3.63, 3.8) is 0 Å². The van der Waals surface area contributed by atoms with Gasteiger partial charge in [0.25, 0.3) is 0 Å². The summed E-state index contributed by atoms with van der Waals surface area (Å²) < 4.78 is 19.2. The molecule has 0 aliphatic carbocycles. The Balaban J connectivity index is -0.000000125. The van der Waals surface area contributed by atoms with Crippen molar-refractivity contribution in [2.75, 3.05) is 5.75 Å². The zero-order chi connectivity index (χ0) is 4.99. The molecule has 0 aliphatic heterocycles. The van der Waals surface area contributed by atoms with Crippen LogP contribution in [-0.2, 0) is 11.1 Å². The second-order valence-electron chi connectivity index (χ2n) is 1.01. The van der Waals surface area contributed by atoms with Crippen LogP contribution < -0.4 is 29.6 Å². The zero-order valence-corrected chi connectivity index (χ0v) is 7.46. The van der Waals surface area contributed by atoms with Crippen LogP contribution >= 0.6 is 0 Å². The Morgan fingerprint density at radius 2 is 2.29 bits per heavy atom. The van der Waals surface area contributed by atoms with Crippen LogP contribution in [0, 0.1) is 0 Å². The standard InChI is InChI=1S/C3H8O2S.Na.H/c1-2-3-6(4)5;;/h2-3H2,1H3,(H,4,5);;/q;+1;-1/p-1. The maximum Gasteiger partial charge on any atom is 1.00 e. The van der Waals surface area contributed by atoms with E-state index in [1.54, 1.807) is 0 Å². The van der Waals surface area contributed by atoms with E-state index in [1.165, 1.54) is 0 Å². The second-order valence-corrected chi connectivity index (χ2v) is 2.02. The summed E-state index contributed by atoms with van der Waals surface area (Å²) >= 11 is -1.82. The quantitative estimate of drug-likeness (QED) is 0.304. The van der Waals surface area contributed by atoms with Crippen molar-refractivity contribution in [1.29, 1.82) is 0 Å². The van der Waals surface area contributed by atoms with Gasteiger partial charge in [-0.1, -0.05) is 18.0 Å². The Morgan fingerprint density at radius 1 is 1.86 bits per heavy atom. The molecule has 0 spiro atoms. The molecule has 0 saturated carbocycles. The summed E-state index contributed by atoms with van der Waals surface area (Å²) in [4.78, 5) is 0. The molecule has 0 aliphatic rings. The Hall–Kier alpha value is 1.11. The van der Waals surface area contributed by atoms with Crippen molar-refractivity contribution < 1.29 is 39.7 Å². The fourth-order valence-electron chi connectivity index (χ4n) is 0.167. The second kappa shape index (κ2) is 7.11. The fraction of sp³-hybridized carbons (Fsp3) is 1.00. The Bertz CT molecular complexity index is 61.2. The van der Waals surface area contributed by atoms with E-state index >= 15 is 0 Å². The van der Waals surface area contributed by atoms with Crippen LogP contribution in [0.15, 0.2) is 0 Å². The topological polar surface area (TPSA) is 40.1 Å². The third kappa shape index (κ3) is 11.0. The first-order valence-electron chi connectivity index (χ1n) is 1.83. The molecule has 1 atom stereocenters. The molecule has 0 saturated heterocycles. The summed E-state index contributed by atoms with van der Waals surface area (Å²) in [5.41, 5.74) is 0. The zero-order valence-electron chi connectivity index (χ0n) is 5.64. The van der Waals surface area contributed by atoms with Crippen molar-refractivity contribution >= 4 is 11.1 Å². The predicted molar refractivity (Wildman–Crippen MR) is 25.2 cm³/mol. The third-order valence-electron chi connectivity index (χ3n) is 0.371. The first-order chi connectivity index (χ1) is 2.77. The minimum Gasteiger partial charge on any atom is -1.00 e. The van der Waals surface area contributed by atoms with Crippen molar-refractivity contribution in [1.82, 2.24) is 0 Å². The van der Waals surface area contributed by atoms with Gasteiger partial charge in [-0.25, -0.2) is 0 Å². The van der Waals surface area contributed by atoms with Crippen LogP contribution in [0.3, 0.4) is 0 Å². The molecule has 0 rings (SSSR count). The molecular weight excluding hydrogens is 123 g/mol. The smallest absolute Gasteiger partial charge is 1.00 e. The van der Waals surface area contributed by atoms with Crippen molar-refractivity contribution in [2.45, 2.75) is 13.3 Å². The van der Waals surface area contributed by atoms with Crippen LogP contribution in [0.2, 0.25) is 0 Å². The molecule has 0 aromatic carbocycles. The summed E-state index contributed by atoms with van der Waals surface area (Å²) in [5, 5.41) is 0. The molecule has 0 fully saturated rings. The van der Waals surface area contributed by atoms with Crippen LogP contribution in [0.1, 0.15) is 14.8 Å². The molecule has 0 N–H and O–H groups in total. The van der Waals surface area contributed by atoms with Crippen molar-refractivity contribution in [3.05, 3.63) is 0 Å². The molecule has 0 bridgehead atoms. The molecule has 1 unspecified atom stereocenters. The van der Waals surface area contributed by atoms with Gasteiger partial charge in [0.2, 0.25) is 0 Å². The molecule has 0 amide bonds. The van der Waals surface area contributed by atoms with E-state index in [-0.39, 0.29) is 31.0 Å². The van der Waals surface area contributed by atoms with Gasteiger partial charge in [-0.05, 0) is 6.42 Å². The van der Waals surface area contributed by atoms with E-state index in [9.17, 15) is 8.76 Å². The van der Waals surface area contributed by atoms with Crippen LogP contribution in [0.4, 0.5) is 0 Å². The predicted octanol–water partition coefficient (Wildman–Crippen LogP) is -2.61. The average Bonchev–Trinajstić information content (AvgIpc) is 1.35. The third-order valence-corrected chi connectivity index (χ3v) is 1.11. The van der Waals surface area contributed by atoms with E-state index in [2.05, 4.69) is 0 Å². The first kappa shape index (κ1) is 11.0. The van der Waals surface area contributed by atoms with Crippen molar-refractivity contribution in [3.8, 4) is 0 Å². The molecule has 0 aromatic heterocycles. The molecule has 0 heterocycles. The fourth-order valence-corrected chi connectivity index (χ4v) is 0.500. The van der Waals surface area contributed by atoms with Crippen LogP contribution in [-0.4, -0.2) is 14.5 Å². The number of hydrogen-bond acceptors (Lipinski definition) is 2. The normalized spacial score (nSPS) is 12.3. The molecule has 0 radical (unpaired) electrons. The Kier molecular flexibility index (Phi) is 11.2. The van der Waals surface area contributed by atoms with E-state index in [0.717, 1.165) is 6.42 Å².